The predicted molar refractivity (Wildman–Crippen MR) is 127 cm³/mol. The first-order valence-corrected chi connectivity index (χ1v) is 10.7. The van der Waals surface area contributed by atoms with E-state index >= 15 is 0 Å². The van der Waals surface area contributed by atoms with E-state index in [2.05, 4.69) is 108 Å². The molecule has 3 aromatic carbocycles. The molecule has 0 aliphatic rings. The Morgan fingerprint density at radius 2 is 1.53 bits per heavy atom. The number of aryl methyl sites for hydroxylation is 3. The highest BCUT2D eigenvalue weighted by atomic mass is 16.5. The summed E-state index contributed by atoms with van der Waals surface area (Å²) in [6.45, 7) is 13.9. The van der Waals surface area contributed by atoms with Gasteiger partial charge in [0.05, 0.1) is 17.6 Å². The Bertz CT molecular complexity index is 1260. The zero-order valence-corrected chi connectivity index (χ0v) is 19.3. The number of aromatic nitrogens is 1. The maximum atomic E-state index is 6.22. The van der Waals surface area contributed by atoms with E-state index < -0.39 is 0 Å². The van der Waals surface area contributed by atoms with Gasteiger partial charge in [-0.2, -0.15) is 0 Å². The lowest BCUT2D eigenvalue weighted by Crippen LogP contribution is -2.30. The minimum atomic E-state index is 0.125. The Morgan fingerprint density at radius 3 is 2.27 bits per heavy atom. The Labute approximate surface area is 180 Å². The van der Waals surface area contributed by atoms with E-state index in [1.165, 1.54) is 49.5 Å². The molecule has 1 heterocycles. The minimum absolute atomic E-state index is 0.125. The van der Waals surface area contributed by atoms with Gasteiger partial charge in [-0.15, -0.1) is 0 Å². The number of nitrogens with zero attached hydrogens (tertiary/aromatic N) is 1. The number of ether oxygens (including phenoxy) is 1. The molecule has 1 aromatic heterocycles. The first-order valence-electron chi connectivity index (χ1n) is 10.7. The average Bonchev–Trinajstić information content (AvgIpc) is 2.68. The van der Waals surface area contributed by atoms with Gasteiger partial charge < -0.3 is 4.74 Å². The molecular weight excluding hydrogens is 366 g/mol. The first-order chi connectivity index (χ1) is 14.2. The largest absolute Gasteiger partial charge is 0.492 e. The van der Waals surface area contributed by atoms with E-state index in [-0.39, 0.29) is 5.41 Å². The van der Waals surface area contributed by atoms with Crippen molar-refractivity contribution in [2.75, 3.05) is 6.61 Å². The second-order valence-corrected chi connectivity index (χ2v) is 9.76. The van der Waals surface area contributed by atoms with E-state index in [9.17, 15) is 0 Å². The fourth-order valence-corrected chi connectivity index (χ4v) is 4.23. The van der Waals surface area contributed by atoms with E-state index in [0.717, 1.165) is 5.75 Å². The van der Waals surface area contributed by atoms with Gasteiger partial charge in [-0.1, -0.05) is 44.5 Å². The first kappa shape index (κ1) is 20.4. The van der Waals surface area contributed by atoms with Crippen LogP contribution in [0.3, 0.4) is 0 Å². The van der Waals surface area contributed by atoms with Gasteiger partial charge in [0.2, 0.25) is 5.69 Å². The van der Waals surface area contributed by atoms with Gasteiger partial charge in [0.1, 0.15) is 12.8 Å². The van der Waals surface area contributed by atoms with Gasteiger partial charge >= 0.3 is 0 Å². The van der Waals surface area contributed by atoms with Crippen molar-refractivity contribution >= 4 is 21.5 Å². The van der Waals surface area contributed by atoms with Crippen LogP contribution >= 0.6 is 0 Å². The smallest absolute Gasteiger partial charge is 0.220 e. The molecular formula is C28H32NO+. The van der Waals surface area contributed by atoms with Crippen LogP contribution in [-0.2, 0) is 7.05 Å². The van der Waals surface area contributed by atoms with Crippen molar-refractivity contribution in [1.82, 2.24) is 0 Å². The molecule has 30 heavy (non-hydrogen) atoms. The van der Waals surface area contributed by atoms with Crippen LogP contribution in [0.1, 0.15) is 37.5 Å². The number of pyridine rings is 1. The van der Waals surface area contributed by atoms with Crippen LogP contribution in [0.4, 0.5) is 0 Å². The molecule has 2 heteroatoms. The van der Waals surface area contributed by atoms with Crippen molar-refractivity contribution < 1.29 is 9.30 Å². The highest BCUT2D eigenvalue weighted by molar-refractivity contribution is 6.12. The van der Waals surface area contributed by atoms with E-state index in [1.54, 1.807) is 0 Å². The molecule has 0 unspecified atom stereocenters. The van der Waals surface area contributed by atoms with Gasteiger partial charge in [-0.3, -0.25) is 0 Å². The molecule has 4 aromatic rings. The molecule has 0 radical (unpaired) electrons. The van der Waals surface area contributed by atoms with E-state index in [1.807, 2.05) is 0 Å². The zero-order valence-electron chi connectivity index (χ0n) is 19.3. The molecule has 0 amide bonds. The quantitative estimate of drug-likeness (QED) is 0.272. The summed E-state index contributed by atoms with van der Waals surface area (Å²) >= 11 is 0. The molecule has 0 saturated carbocycles. The van der Waals surface area contributed by atoms with Gasteiger partial charge in [-0.25, -0.2) is 4.57 Å². The Kier molecular flexibility index (Phi) is 5.05. The van der Waals surface area contributed by atoms with Crippen LogP contribution in [0, 0.1) is 26.2 Å². The second-order valence-electron chi connectivity index (χ2n) is 9.76. The average molecular weight is 399 g/mol. The molecule has 0 N–H and O–H groups in total. The maximum absolute atomic E-state index is 6.22. The lowest BCUT2D eigenvalue weighted by atomic mass is 9.93. The highest BCUT2D eigenvalue weighted by Gasteiger charge is 2.20. The monoisotopic (exact) mass is 398 g/mol. The van der Waals surface area contributed by atoms with Crippen LogP contribution in [-0.4, -0.2) is 6.61 Å². The summed E-state index contributed by atoms with van der Waals surface area (Å²) in [5, 5.41) is 4.95. The van der Waals surface area contributed by atoms with Crippen molar-refractivity contribution in [1.29, 1.82) is 0 Å². The standard InChI is InChI=1S/C28H32NO/c1-18-15-19(2)20(3)25(16-18)27-24-12-11-23-21(22(24)13-14-29(27)7)9-8-10-26(23)30-17-28(4,5)6/h8-16H,17H2,1-7H3/q+1. The van der Waals surface area contributed by atoms with Crippen LogP contribution in [0.25, 0.3) is 32.8 Å². The molecule has 0 atom stereocenters. The molecule has 0 fully saturated rings. The van der Waals surface area contributed by atoms with Crippen LogP contribution in [0.15, 0.2) is 54.7 Å². The van der Waals surface area contributed by atoms with Crippen molar-refractivity contribution in [3.05, 3.63) is 71.4 Å². The summed E-state index contributed by atoms with van der Waals surface area (Å²) in [5.41, 5.74) is 6.66. The number of hydrogen-bond donors (Lipinski definition) is 0. The van der Waals surface area contributed by atoms with Gasteiger partial charge in [0.15, 0.2) is 6.20 Å². The number of fused-ring (bicyclic) bond motifs is 3. The van der Waals surface area contributed by atoms with Crippen molar-refractivity contribution in [3.8, 4) is 17.0 Å². The highest BCUT2D eigenvalue weighted by Crippen LogP contribution is 2.36. The number of benzene rings is 3. The predicted octanol–water partition coefficient (Wildman–Crippen LogP) is 6.83. The molecule has 0 aliphatic carbocycles. The van der Waals surface area contributed by atoms with E-state index in [0.29, 0.717) is 6.61 Å². The second kappa shape index (κ2) is 7.43. The SMILES string of the molecule is Cc1cc(C)c(C)c(-c2c3ccc4c(OCC(C)(C)C)cccc4c3cc[n+]2C)c1. The third kappa shape index (κ3) is 3.67. The fourth-order valence-electron chi connectivity index (χ4n) is 4.23. The van der Waals surface area contributed by atoms with Crippen LogP contribution in [0.2, 0.25) is 0 Å². The third-order valence-corrected chi connectivity index (χ3v) is 5.86. The lowest BCUT2D eigenvalue weighted by Gasteiger charge is -2.20. The van der Waals surface area contributed by atoms with Crippen molar-refractivity contribution in [2.24, 2.45) is 12.5 Å². The molecule has 0 saturated heterocycles. The Morgan fingerprint density at radius 1 is 0.833 bits per heavy atom. The summed E-state index contributed by atoms with van der Waals surface area (Å²) < 4.78 is 8.46. The molecule has 0 bridgehead atoms. The maximum Gasteiger partial charge on any atom is 0.220 e. The summed E-state index contributed by atoms with van der Waals surface area (Å²) in [7, 11) is 2.14. The van der Waals surface area contributed by atoms with Gasteiger partial charge in [-0.05, 0) is 67.0 Å². The normalized spacial score (nSPS) is 12.0. The molecule has 154 valence electrons. The van der Waals surface area contributed by atoms with Crippen LogP contribution in [0.5, 0.6) is 5.75 Å². The third-order valence-electron chi connectivity index (χ3n) is 5.86. The minimum Gasteiger partial charge on any atom is -0.492 e. The molecule has 2 nitrogen and oxygen atoms in total. The van der Waals surface area contributed by atoms with Crippen molar-refractivity contribution in [2.45, 2.75) is 41.5 Å². The van der Waals surface area contributed by atoms with Crippen molar-refractivity contribution in [3.63, 3.8) is 0 Å². The topological polar surface area (TPSA) is 13.1 Å². The van der Waals surface area contributed by atoms with Gasteiger partial charge in [0.25, 0.3) is 0 Å². The molecule has 4 rings (SSSR count). The van der Waals surface area contributed by atoms with Crippen LogP contribution < -0.4 is 9.30 Å². The molecule has 0 aliphatic heterocycles. The number of hydrogen-bond acceptors (Lipinski definition) is 1. The molecule has 0 spiro atoms. The lowest BCUT2D eigenvalue weighted by molar-refractivity contribution is -0.659. The Balaban J connectivity index is 1.97. The summed E-state index contributed by atoms with van der Waals surface area (Å²) in [5.74, 6) is 0.960. The van der Waals surface area contributed by atoms with E-state index in [4.69, 9.17) is 4.74 Å². The number of rotatable bonds is 3. The Hall–Kier alpha value is -2.87. The summed E-state index contributed by atoms with van der Waals surface area (Å²) in [6, 6.07) is 17.7. The zero-order chi connectivity index (χ0) is 21.6. The fraction of sp³-hybridized carbons (Fsp3) is 0.321. The summed E-state index contributed by atoms with van der Waals surface area (Å²) in [6.07, 6.45) is 2.18. The van der Waals surface area contributed by atoms with Gasteiger partial charge in [0, 0.05) is 16.8 Å². The summed E-state index contributed by atoms with van der Waals surface area (Å²) in [4.78, 5) is 0.